The highest BCUT2D eigenvalue weighted by atomic mass is 35.5. The molecule has 1 saturated heterocycles. The van der Waals surface area contributed by atoms with Crippen molar-refractivity contribution in [1.82, 2.24) is 25.1 Å². The topological polar surface area (TPSA) is 123 Å². The minimum absolute atomic E-state index is 0.0541. The van der Waals surface area contributed by atoms with Crippen molar-refractivity contribution >= 4 is 44.6 Å². The molecule has 3 N–H and O–H groups in total. The van der Waals surface area contributed by atoms with E-state index < -0.39 is 15.1 Å². The molecule has 3 heterocycles. The zero-order valence-electron chi connectivity index (χ0n) is 23.9. The Hall–Kier alpha value is -2.89. The molecular weight excluding hydrogens is 550 g/mol. The van der Waals surface area contributed by atoms with Crippen molar-refractivity contribution in [3.63, 3.8) is 0 Å². The molecule has 40 heavy (non-hydrogen) atoms. The first-order valence-corrected chi connectivity index (χ1v) is 15.6. The molecule has 216 valence electrons. The van der Waals surface area contributed by atoms with Gasteiger partial charge in [-0.25, -0.2) is 13.4 Å². The number of benzene rings is 1. The van der Waals surface area contributed by atoms with Gasteiger partial charge in [0.05, 0.1) is 28.9 Å². The maximum Gasteiger partial charge on any atom is 0.229 e. The second-order valence-corrected chi connectivity index (χ2v) is 14.6. The summed E-state index contributed by atoms with van der Waals surface area (Å²) in [5.41, 5.74) is 3.65. The van der Waals surface area contributed by atoms with Gasteiger partial charge in [-0.1, -0.05) is 11.6 Å². The van der Waals surface area contributed by atoms with Crippen molar-refractivity contribution < 1.29 is 13.2 Å². The maximum absolute atomic E-state index is 12.9. The third-order valence-corrected chi connectivity index (χ3v) is 9.77. The molecule has 10 nitrogen and oxygen atoms in total. The Balaban J connectivity index is 1.45. The number of nitrogens with zero attached hydrogens (tertiary/aromatic N) is 4. The maximum atomic E-state index is 12.9. The predicted molar refractivity (Wildman–Crippen MR) is 158 cm³/mol. The van der Waals surface area contributed by atoms with Crippen molar-refractivity contribution in [2.75, 3.05) is 17.2 Å². The van der Waals surface area contributed by atoms with Gasteiger partial charge in [0.25, 0.3) is 0 Å². The molecule has 1 aliphatic carbocycles. The van der Waals surface area contributed by atoms with Crippen molar-refractivity contribution in [2.45, 2.75) is 88.1 Å². The molecule has 1 aliphatic heterocycles. The number of hydrogen-bond acceptors (Lipinski definition) is 9. The minimum atomic E-state index is -3.63. The Morgan fingerprint density at radius 2 is 1.93 bits per heavy atom. The molecule has 1 saturated carbocycles. The summed E-state index contributed by atoms with van der Waals surface area (Å²) in [5.74, 6) is 1.80. The largest absolute Gasteiger partial charge is 0.488 e. The van der Waals surface area contributed by atoms with Gasteiger partial charge in [-0.05, 0) is 96.0 Å². The van der Waals surface area contributed by atoms with E-state index in [1.54, 1.807) is 27.1 Å². The Kier molecular flexibility index (Phi) is 7.75. The van der Waals surface area contributed by atoms with Gasteiger partial charge in [0.15, 0.2) is 5.82 Å². The van der Waals surface area contributed by atoms with Crippen LogP contribution in [0.5, 0.6) is 5.75 Å². The monoisotopic (exact) mass is 587 g/mol. The number of anilines is 4. The standard InChI is InChI=1S/C28H38ClN7O3S/c1-16(2)40(37,38)26-23(15-36(6)35-26)32-25-21(29)14-30-27(34-25)33-22-11-17(3)20(12-24(22)39-19-7-8-19)18-9-10-31-28(4,5)13-18/h11-12,14-16,18-19,31H,7-10,13H2,1-6H3,(H2,30,32,33,34). The van der Waals surface area contributed by atoms with Crippen LogP contribution in [0.4, 0.5) is 23.1 Å². The number of piperidine rings is 1. The summed E-state index contributed by atoms with van der Waals surface area (Å²) in [6, 6.07) is 4.28. The quantitative estimate of drug-likeness (QED) is 0.292. The molecule has 1 atom stereocenters. The average molecular weight is 588 g/mol. The van der Waals surface area contributed by atoms with E-state index in [9.17, 15) is 8.42 Å². The van der Waals surface area contributed by atoms with Crippen LogP contribution >= 0.6 is 11.6 Å². The fourth-order valence-electron chi connectivity index (χ4n) is 5.09. The molecule has 3 aromatic rings. The molecule has 1 unspecified atom stereocenters. The SMILES string of the molecule is Cc1cc(Nc2ncc(Cl)c(Nc3cn(C)nc3S(=O)(=O)C(C)C)n2)c(OC2CC2)cc1C1CCNC(C)(C)C1. The molecule has 2 aromatic heterocycles. The molecule has 0 amide bonds. The summed E-state index contributed by atoms with van der Waals surface area (Å²) in [6.45, 7) is 10.9. The lowest BCUT2D eigenvalue weighted by Crippen LogP contribution is -2.45. The van der Waals surface area contributed by atoms with Crippen LogP contribution in [0.3, 0.4) is 0 Å². The summed E-state index contributed by atoms with van der Waals surface area (Å²) >= 11 is 6.43. The van der Waals surface area contributed by atoms with Crippen LogP contribution in [0.15, 0.2) is 29.6 Å². The third-order valence-electron chi connectivity index (χ3n) is 7.41. The molecule has 5 rings (SSSR count). The van der Waals surface area contributed by atoms with Crippen LogP contribution in [0.1, 0.15) is 70.4 Å². The van der Waals surface area contributed by atoms with E-state index in [1.165, 1.54) is 22.0 Å². The molecule has 0 radical (unpaired) electrons. The zero-order chi connectivity index (χ0) is 28.8. The number of halogens is 1. The van der Waals surface area contributed by atoms with Gasteiger partial charge in [0.2, 0.25) is 20.8 Å². The van der Waals surface area contributed by atoms with Gasteiger partial charge in [-0.3, -0.25) is 4.68 Å². The molecule has 2 aliphatic rings. The van der Waals surface area contributed by atoms with Crippen molar-refractivity contribution in [3.05, 3.63) is 40.7 Å². The van der Waals surface area contributed by atoms with E-state index in [-0.39, 0.29) is 27.5 Å². The van der Waals surface area contributed by atoms with Crippen molar-refractivity contribution in [2.24, 2.45) is 7.05 Å². The van der Waals surface area contributed by atoms with Crippen LogP contribution in [-0.2, 0) is 16.9 Å². The van der Waals surface area contributed by atoms with Crippen LogP contribution in [0.25, 0.3) is 0 Å². The van der Waals surface area contributed by atoms with Gasteiger partial charge in [-0.2, -0.15) is 10.1 Å². The van der Waals surface area contributed by atoms with Crippen LogP contribution < -0.4 is 20.7 Å². The summed E-state index contributed by atoms with van der Waals surface area (Å²) in [7, 11) is -1.97. The van der Waals surface area contributed by atoms with E-state index in [0.29, 0.717) is 17.6 Å². The number of hydrogen-bond donors (Lipinski definition) is 3. The van der Waals surface area contributed by atoms with E-state index in [1.807, 2.05) is 0 Å². The summed E-state index contributed by atoms with van der Waals surface area (Å²) in [4.78, 5) is 8.96. The lowest BCUT2D eigenvalue weighted by molar-refractivity contribution is 0.273. The highest BCUT2D eigenvalue weighted by molar-refractivity contribution is 7.92. The molecular formula is C28H38ClN7O3S. The Morgan fingerprint density at radius 3 is 2.60 bits per heavy atom. The molecule has 0 bridgehead atoms. The third kappa shape index (κ3) is 6.21. The summed E-state index contributed by atoms with van der Waals surface area (Å²) in [5, 5.41) is 13.7. The van der Waals surface area contributed by atoms with Crippen molar-refractivity contribution in [3.8, 4) is 5.75 Å². The van der Waals surface area contributed by atoms with E-state index in [0.717, 1.165) is 43.7 Å². The first-order valence-electron chi connectivity index (χ1n) is 13.7. The zero-order valence-corrected chi connectivity index (χ0v) is 25.4. The van der Waals surface area contributed by atoms with Gasteiger partial charge >= 0.3 is 0 Å². The van der Waals surface area contributed by atoms with Crippen LogP contribution in [-0.4, -0.2) is 51.6 Å². The number of aromatic nitrogens is 4. The van der Waals surface area contributed by atoms with Gasteiger partial charge in [0, 0.05) is 18.8 Å². The van der Waals surface area contributed by atoms with Gasteiger partial charge in [-0.15, -0.1) is 0 Å². The predicted octanol–water partition coefficient (Wildman–Crippen LogP) is 5.63. The van der Waals surface area contributed by atoms with E-state index in [4.69, 9.17) is 16.3 Å². The highest BCUT2D eigenvalue weighted by Crippen LogP contribution is 2.41. The number of aryl methyl sites for hydroxylation is 2. The average Bonchev–Trinajstić information content (AvgIpc) is 3.61. The molecule has 0 spiro atoms. The number of nitrogens with one attached hydrogen (secondary N) is 3. The highest BCUT2D eigenvalue weighted by Gasteiger charge is 2.31. The second-order valence-electron chi connectivity index (χ2n) is 11.8. The fraction of sp³-hybridized carbons (Fsp3) is 0.536. The number of ether oxygens (including phenoxy) is 1. The first-order chi connectivity index (χ1) is 18.8. The minimum Gasteiger partial charge on any atom is -0.488 e. The van der Waals surface area contributed by atoms with E-state index >= 15 is 0 Å². The lowest BCUT2D eigenvalue weighted by atomic mass is 9.79. The molecule has 1 aromatic carbocycles. The smallest absolute Gasteiger partial charge is 0.229 e. The number of sulfone groups is 1. The second kappa shape index (κ2) is 10.8. The summed E-state index contributed by atoms with van der Waals surface area (Å²) < 4.78 is 33.5. The lowest BCUT2D eigenvalue weighted by Gasteiger charge is -2.37. The molecule has 12 heteroatoms. The van der Waals surface area contributed by atoms with Crippen molar-refractivity contribution in [1.29, 1.82) is 0 Å². The normalized spacial score (nSPS) is 19.1. The van der Waals surface area contributed by atoms with Crippen LogP contribution in [0.2, 0.25) is 5.02 Å². The summed E-state index contributed by atoms with van der Waals surface area (Å²) in [6.07, 6.45) is 7.51. The Morgan fingerprint density at radius 1 is 1.18 bits per heavy atom. The van der Waals surface area contributed by atoms with E-state index in [2.05, 4.69) is 63.9 Å². The first kappa shape index (κ1) is 28.6. The van der Waals surface area contributed by atoms with Gasteiger partial charge in [0.1, 0.15) is 10.8 Å². The van der Waals surface area contributed by atoms with Gasteiger partial charge < -0.3 is 20.7 Å². The molecule has 2 fully saturated rings. The Labute approximate surface area is 241 Å². The fourth-order valence-corrected chi connectivity index (χ4v) is 6.33. The van der Waals surface area contributed by atoms with Crippen LogP contribution in [0, 0.1) is 6.92 Å². The number of rotatable bonds is 9. The Bertz CT molecular complexity index is 1520.